The van der Waals surface area contributed by atoms with E-state index in [0.717, 1.165) is 22.7 Å². The highest BCUT2D eigenvalue weighted by Gasteiger charge is 2.35. The molecule has 4 heteroatoms. The number of hydrogen-bond donors (Lipinski definition) is 1. The fraction of sp³-hybridized carbons (Fsp3) is 0.529. The number of nitrogens with zero attached hydrogens (tertiary/aromatic N) is 1. The van der Waals surface area contributed by atoms with Crippen LogP contribution in [0, 0.1) is 12.3 Å². The van der Waals surface area contributed by atoms with Gasteiger partial charge in [-0.15, -0.1) is 11.3 Å². The molecule has 0 aromatic carbocycles. The van der Waals surface area contributed by atoms with Gasteiger partial charge in [-0.1, -0.05) is 25.4 Å². The highest BCUT2D eigenvalue weighted by molar-refractivity contribution is 7.16. The summed E-state index contributed by atoms with van der Waals surface area (Å²) in [7, 11) is 0. The van der Waals surface area contributed by atoms with Crippen molar-refractivity contribution in [3.05, 3.63) is 44.4 Å². The van der Waals surface area contributed by atoms with E-state index >= 15 is 0 Å². The van der Waals surface area contributed by atoms with Gasteiger partial charge in [-0.2, -0.15) is 0 Å². The number of fused-ring (bicyclic) bond motifs is 1. The summed E-state index contributed by atoms with van der Waals surface area (Å²) in [5.74, 6) is 0. The summed E-state index contributed by atoms with van der Waals surface area (Å²) >= 11 is 7.72. The molecule has 1 aliphatic rings. The van der Waals surface area contributed by atoms with Gasteiger partial charge in [-0.05, 0) is 50.3 Å². The minimum atomic E-state index is -0.345. The number of thiophene rings is 1. The van der Waals surface area contributed by atoms with Crippen molar-refractivity contribution in [2.24, 2.45) is 5.41 Å². The normalized spacial score (nSPS) is 22.1. The van der Waals surface area contributed by atoms with Crippen molar-refractivity contribution < 1.29 is 5.11 Å². The van der Waals surface area contributed by atoms with Crippen LogP contribution in [-0.2, 0) is 6.42 Å². The van der Waals surface area contributed by atoms with Crippen LogP contribution in [0.2, 0.25) is 4.34 Å². The number of hydrogen-bond acceptors (Lipinski definition) is 2. The van der Waals surface area contributed by atoms with Gasteiger partial charge in [0.1, 0.15) is 0 Å². The highest BCUT2D eigenvalue weighted by Crippen LogP contribution is 2.44. The lowest BCUT2D eigenvalue weighted by atomic mass is 9.75. The van der Waals surface area contributed by atoms with E-state index in [1.54, 1.807) is 11.3 Å². The molecule has 1 aliphatic carbocycles. The minimum Gasteiger partial charge on any atom is -0.388 e. The average Bonchev–Trinajstić information content (AvgIpc) is 2.91. The van der Waals surface area contributed by atoms with Gasteiger partial charge in [0.25, 0.3) is 0 Å². The second-order valence-electron chi connectivity index (χ2n) is 6.94. The number of halogens is 1. The van der Waals surface area contributed by atoms with Crippen LogP contribution in [0.3, 0.4) is 0 Å². The van der Waals surface area contributed by atoms with Crippen LogP contribution in [0.5, 0.6) is 0 Å². The fourth-order valence-electron chi connectivity index (χ4n) is 3.58. The van der Waals surface area contributed by atoms with Crippen molar-refractivity contribution in [1.82, 2.24) is 4.57 Å². The maximum absolute atomic E-state index is 10.5. The third kappa shape index (κ3) is 2.67. The molecule has 0 spiro atoms. The molecule has 0 radical (unpaired) electrons. The Morgan fingerprint density at radius 1 is 1.43 bits per heavy atom. The van der Waals surface area contributed by atoms with Gasteiger partial charge in [0.2, 0.25) is 0 Å². The minimum absolute atomic E-state index is 0.141. The maximum atomic E-state index is 10.5. The number of aromatic nitrogens is 1. The third-order valence-electron chi connectivity index (χ3n) is 4.51. The molecule has 2 nitrogen and oxygen atoms in total. The molecule has 0 amide bonds. The molecule has 1 N–H and O–H groups in total. The van der Waals surface area contributed by atoms with Gasteiger partial charge in [0.05, 0.1) is 16.5 Å². The molecular weight excluding hydrogens is 302 g/mol. The summed E-state index contributed by atoms with van der Waals surface area (Å²) in [5, 5.41) is 10.5. The second-order valence-corrected chi connectivity index (χ2v) is 8.68. The zero-order chi connectivity index (χ0) is 15.4. The van der Waals surface area contributed by atoms with Crippen molar-refractivity contribution >= 4 is 22.9 Å². The molecule has 0 aliphatic heterocycles. The molecule has 21 heavy (non-hydrogen) atoms. The Labute approximate surface area is 135 Å². The SMILES string of the molecule is Cc1cc2c(n1C(C)c1ccc(Cl)s1)CC(C)(C)CC2O. The van der Waals surface area contributed by atoms with Crippen molar-refractivity contribution in [2.45, 2.75) is 52.7 Å². The van der Waals surface area contributed by atoms with E-state index in [-0.39, 0.29) is 17.6 Å². The Balaban J connectivity index is 2.08. The van der Waals surface area contributed by atoms with Crippen LogP contribution in [0.15, 0.2) is 18.2 Å². The van der Waals surface area contributed by atoms with Crippen LogP contribution in [0.25, 0.3) is 0 Å². The summed E-state index contributed by atoms with van der Waals surface area (Å²) in [6, 6.07) is 6.48. The Morgan fingerprint density at radius 3 is 2.76 bits per heavy atom. The zero-order valence-corrected chi connectivity index (χ0v) is 14.6. The molecule has 3 rings (SSSR count). The van der Waals surface area contributed by atoms with Crippen LogP contribution < -0.4 is 0 Å². The lowest BCUT2D eigenvalue weighted by molar-refractivity contribution is 0.0978. The highest BCUT2D eigenvalue weighted by atomic mass is 35.5. The lowest BCUT2D eigenvalue weighted by Gasteiger charge is -2.34. The van der Waals surface area contributed by atoms with Gasteiger partial charge >= 0.3 is 0 Å². The molecule has 2 heterocycles. The van der Waals surface area contributed by atoms with Crippen LogP contribution in [0.1, 0.15) is 61.2 Å². The molecule has 0 fully saturated rings. The third-order valence-corrected chi connectivity index (χ3v) is 5.91. The second kappa shape index (κ2) is 5.15. The molecular formula is C17H22ClNOS. The molecule has 2 atom stereocenters. The van der Waals surface area contributed by atoms with E-state index in [1.165, 1.54) is 16.3 Å². The van der Waals surface area contributed by atoms with Crippen molar-refractivity contribution in [2.75, 3.05) is 0 Å². The van der Waals surface area contributed by atoms with Crippen molar-refractivity contribution in [3.8, 4) is 0 Å². The standard InChI is InChI=1S/C17H22ClNOS/c1-10-7-12-13(8-17(3,4)9-14(12)20)19(10)11(2)15-5-6-16(18)21-15/h5-7,11,14,20H,8-9H2,1-4H3. The van der Waals surface area contributed by atoms with E-state index in [9.17, 15) is 5.11 Å². The van der Waals surface area contributed by atoms with Gasteiger partial charge < -0.3 is 9.67 Å². The van der Waals surface area contributed by atoms with Gasteiger partial charge in [0.15, 0.2) is 0 Å². The molecule has 2 aromatic heterocycles. The van der Waals surface area contributed by atoms with Crippen LogP contribution in [0.4, 0.5) is 0 Å². The van der Waals surface area contributed by atoms with E-state index < -0.39 is 0 Å². The molecule has 0 bridgehead atoms. The van der Waals surface area contributed by atoms with Crippen LogP contribution >= 0.6 is 22.9 Å². The zero-order valence-electron chi connectivity index (χ0n) is 13.0. The van der Waals surface area contributed by atoms with Crippen molar-refractivity contribution in [1.29, 1.82) is 0 Å². The fourth-order valence-corrected chi connectivity index (χ4v) is 4.69. The molecule has 2 aromatic rings. The first-order valence-electron chi connectivity index (χ1n) is 7.42. The van der Waals surface area contributed by atoms with Crippen LogP contribution in [-0.4, -0.2) is 9.67 Å². The monoisotopic (exact) mass is 323 g/mol. The van der Waals surface area contributed by atoms with E-state index in [2.05, 4.69) is 44.4 Å². The smallest absolute Gasteiger partial charge is 0.0932 e. The number of aliphatic hydroxyl groups is 1. The summed E-state index contributed by atoms with van der Waals surface area (Å²) in [4.78, 5) is 1.26. The predicted octanol–water partition coefficient (Wildman–Crippen LogP) is 5.13. The number of rotatable bonds is 2. The van der Waals surface area contributed by atoms with Gasteiger partial charge in [-0.25, -0.2) is 0 Å². The Morgan fingerprint density at radius 2 is 2.14 bits per heavy atom. The first-order valence-corrected chi connectivity index (χ1v) is 8.62. The number of aryl methyl sites for hydroxylation is 1. The molecule has 114 valence electrons. The van der Waals surface area contributed by atoms with Crippen molar-refractivity contribution in [3.63, 3.8) is 0 Å². The lowest BCUT2D eigenvalue weighted by Crippen LogP contribution is -2.27. The van der Waals surface area contributed by atoms with Gasteiger partial charge in [0, 0.05) is 21.8 Å². The largest absolute Gasteiger partial charge is 0.388 e. The first kappa shape index (κ1) is 15.1. The Bertz CT molecular complexity index is 670. The van der Waals surface area contributed by atoms with E-state index in [4.69, 9.17) is 11.6 Å². The maximum Gasteiger partial charge on any atom is 0.0932 e. The summed E-state index contributed by atoms with van der Waals surface area (Å²) in [5.41, 5.74) is 3.75. The summed E-state index contributed by atoms with van der Waals surface area (Å²) < 4.78 is 3.21. The molecule has 2 unspecified atom stereocenters. The summed E-state index contributed by atoms with van der Waals surface area (Å²) in [6.07, 6.45) is 1.50. The average molecular weight is 324 g/mol. The Hall–Kier alpha value is -0.770. The van der Waals surface area contributed by atoms with E-state index in [0.29, 0.717) is 0 Å². The molecule has 0 saturated carbocycles. The topological polar surface area (TPSA) is 25.2 Å². The van der Waals surface area contributed by atoms with Gasteiger partial charge in [-0.3, -0.25) is 0 Å². The summed E-state index contributed by atoms with van der Waals surface area (Å²) in [6.45, 7) is 8.81. The van der Waals surface area contributed by atoms with E-state index in [1.807, 2.05) is 6.07 Å². The Kier molecular flexibility index (Phi) is 3.71. The quantitative estimate of drug-likeness (QED) is 0.814. The molecule has 0 saturated heterocycles. The first-order chi connectivity index (χ1) is 9.78. The predicted molar refractivity (Wildman–Crippen MR) is 89.4 cm³/mol. The number of aliphatic hydroxyl groups excluding tert-OH is 1.